The Morgan fingerprint density at radius 2 is 1.96 bits per heavy atom. The van der Waals surface area contributed by atoms with E-state index < -0.39 is 0 Å². The highest BCUT2D eigenvalue weighted by Gasteiger charge is 2.31. The van der Waals surface area contributed by atoms with Crippen molar-refractivity contribution in [3.05, 3.63) is 34.9 Å². The molecule has 24 heavy (non-hydrogen) atoms. The molecule has 2 amide bonds. The second-order valence-corrected chi connectivity index (χ2v) is 7.28. The highest BCUT2D eigenvalue weighted by atomic mass is 35.5. The van der Waals surface area contributed by atoms with Gasteiger partial charge in [0, 0.05) is 36.3 Å². The number of likely N-dealkylation sites (tertiary alicyclic amines) is 1. The number of piperidine rings is 1. The Hall–Kier alpha value is -1.59. The zero-order valence-electron chi connectivity index (χ0n) is 13.7. The van der Waals surface area contributed by atoms with Gasteiger partial charge >= 0.3 is 0 Å². The van der Waals surface area contributed by atoms with Crippen molar-refractivity contribution in [1.29, 1.82) is 0 Å². The lowest BCUT2D eigenvalue weighted by molar-refractivity contribution is -0.126. The van der Waals surface area contributed by atoms with E-state index in [0.717, 1.165) is 12.8 Å². The van der Waals surface area contributed by atoms with E-state index in [0.29, 0.717) is 36.1 Å². The zero-order chi connectivity index (χ0) is 17.1. The maximum atomic E-state index is 12.6. The summed E-state index contributed by atoms with van der Waals surface area (Å²) in [5, 5.41) is 3.57. The summed E-state index contributed by atoms with van der Waals surface area (Å²) in [6, 6.07) is 6.93. The van der Waals surface area contributed by atoms with Gasteiger partial charge in [-0.3, -0.25) is 9.59 Å². The van der Waals surface area contributed by atoms with Gasteiger partial charge in [0.15, 0.2) is 0 Å². The summed E-state index contributed by atoms with van der Waals surface area (Å²) >= 11 is 5.87. The van der Waals surface area contributed by atoms with Gasteiger partial charge in [-0.15, -0.1) is 0 Å². The van der Waals surface area contributed by atoms with Crippen LogP contribution in [0.1, 0.15) is 36.0 Å². The third-order valence-corrected chi connectivity index (χ3v) is 5.16. The van der Waals surface area contributed by atoms with Crippen molar-refractivity contribution in [2.24, 2.45) is 17.6 Å². The molecule has 1 aliphatic heterocycles. The Morgan fingerprint density at radius 1 is 1.25 bits per heavy atom. The first-order valence-corrected chi connectivity index (χ1v) is 9.00. The molecule has 0 radical (unpaired) electrons. The Bertz CT molecular complexity index is 601. The van der Waals surface area contributed by atoms with Crippen LogP contribution in [-0.4, -0.2) is 42.4 Å². The minimum Gasteiger partial charge on any atom is -0.354 e. The van der Waals surface area contributed by atoms with E-state index in [1.807, 2.05) is 0 Å². The summed E-state index contributed by atoms with van der Waals surface area (Å²) in [5.74, 6) is 0.389. The van der Waals surface area contributed by atoms with Gasteiger partial charge in [-0.05, 0) is 55.9 Å². The van der Waals surface area contributed by atoms with Crippen LogP contribution in [-0.2, 0) is 4.79 Å². The van der Waals surface area contributed by atoms with Crippen LogP contribution in [0.15, 0.2) is 24.3 Å². The van der Waals surface area contributed by atoms with Crippen molar-refractivity contribution in [3.8, 4) is 0 Å². The molecule has 1 aromatic rings. The van der Waals surface area contributed by atoms with E-state index in [1.165, 1.54) is 12.8 Å². The molecule has 3 N–H and O–H groups in total. The van der Waals surface area contributed by atoms with Crippen LogP contribution < -0.4 is 11.1 Å². The number of hydrogen-bond acceptors (Lipinski definition) is 3. The number of rotatable bonds is 5. The molecule has 0 spiro atoms. The number of hydrogen-bond donors (Lipinski definition) is 2. The van der Waals surface area contributed by atoms with E-state index in [-0.39, 0.29) is 23.8 Å². The summed E-state index contributed by atoms with van der Waals surface area (Å²) in [6.45, 7) is 1.68. The third kappa shape index (κ3) is 4.28. The zero-order valence-corrected chi connectivity index (χ0v) is 14.5. The summed E-state index contributed by atoms with van der Waals surface area (Å²) in [5.41, 5.74) is 6.64. The molecule has 0 aromatic heterocycles. The maximum absolute atomic E-state index is 12.6. The van der Waals surface area contributed by atoms with Crippen LogP contribution in [0.4, 0.5) is 0 Å². The molecule has 3 rings (SSSR count). The summed E-state index contributed by atoms with van der Waals surface area (Å²) in [6.07, 6.45) is 3.99. The summed E-state index contributed by atoms with van der Waals surface area (Å²) < 4.78 is 0. The maximum Gasteiger partial charge on any atom is 0.253 e. The Kier molecular flexibility index (Phi) is 5.41. The molecule has 6 heteroatoms. The van der Waals surface area contributed by atoms with Gasteiger partial charge in [0.25, 0.3) is 5.91 Å². The highest BCUT2D eigenvalue weighted by molar-refractivity contribution is 6.30. The van der Waals surface area contributed by atoms with E-state index >= 15 is 0 Å². The number of carbonyl (C=O) groups is 2. The normalized spacial score (nSPS) is 22.1. The first kappa shape index (κ1) is 17.2. The van der Waals surface area contributed by atoms with Gasteiger partial charge in [0.2, 0.25) is 5.91 Å². The molecule has 1 heterocycles. The predicted molar refractivity (Wildman–Crippen MR) is 93.8 cm³/mol. The lowest BCUT2D eigenvalue weighted by Crippen LogP contribution is -2.47. The number of amides is 2. The molecule has 5 nitrogen and oxygen atoms in total. The largest absolute Gasteiger partial charge is 0.354 e. The lowest BCUT2D eigenvalue weighted by atomic mass is 9.96. The van der Waals surface area contributed by atoms with Crippen LogP contribution >= 0.6 is 11.6 Å². The topological polar surface area (TPSA) is 75.4 Å². The second-order valence-electron chi connectivity index (χ2n) is 6.84. The minimum absolute atomic E-state index is 0.0136. The van der Waals surface area contributed by atoms with Gasteiger partial charge in [-0.2, -0.15) is 0 Å². The number of benzene rings is 1. The van der Waals surface area contributed by atoms with Gasteiger partial charge in [-0.25, -0.2) is 0 Å². The number of halogens is 1. The minimum atomic E-state index is -0.151. The molecular weight excluding hydrogens is 326 g/mol. The van der Waals surface area contributed by atoms with Gasteiger partial charge in [0.05, 0.1) is 5.92 Å². The van der Waals surface area contributed by atoms with Crippen molar-refractivity contribution in [3.63, 3.8) is 0 Å². The smallest absolute Gasteiger partial charge is 0.253 e. The molecule has 1 saturated heterocycles. The van der Waals surface area contributed by atoms with Crippen molar-refractivity contribution >= 4 is 23.4 Å². The average molecular weight is 350 g/mol. The molecule has 2 aliphatic rings. The molecule has 1 saturated carbocycles. The summed E-state index contributed by atoms with van der Waals surface area (Å²) in [7, 11) is 0. The monoisotopic (exact) mass is 349 g/mol. The number of nitrogens with one attached hydrogen (secondary N) is 1. The molecule has 1 aromatic carbocycles. The van der Waals surface area contributed by atoms with Crippen LogP contribution in [0.5, 0.6) is 0 Å². The summed E-state index contributed by atoms with van der Waals surface area (Å²) in [4.78, 5) is 26.7. The van der Waals surface area contributed by atoms with Crippen molar-refractivity contribution in [2.75, 3.05) is 19.6 Å². The standard InChI is InChI=1S/C18H24ClN3O2/c19-15-7-5-13(6-8-15)18(24)22-9-1-2-14(11-22)17(23)21-10-16(20)12-3-4-12/h5-8,12,14,16H,1-4,9-11,20H2,(H,21,23). The van der Waals surface area contributed by atoms with Crippen LogP contribution in [0, 0.1) is 11.8 Å². The fourth-order valence-corrected chi connectivity index (χ4v) is 3.33. The average Bonchev–Trinajstić information content (AvgIpc) is 3.44. The number of carbonyl (C=O) groups excluding carboxylic acids is 2. The van der Waals surface area contributed by atoms with E-state index in [4.69, 9.17) is 17.3 Å². The van der Waals surface area contributed by atoms with Crippen LogP contribution in [0.3, 0.4) is 0 Å². The fourth-order valence-electron chi connectivity index (χ4n) is 3.20. The number of nitrogens with zero attached hydrogens (tertiary/aromatic N) is 1. The SMILES string of the molecule is NC(CNC(=O)C1CCCN(C(=O)c2ccc(Cl)cc2)C1)C1CC1. The number of nitrogens with two attached hydrogens (primary N) is 1. The van der Waals surface area contributed by atoms with Crippen LogP contribution in [0.25, 0.3) is 0 Å². The lowest BCUT2D eigenvalue weighted by Gasteiger charge is -2.32. The van der Waals surface area contributed by atoms with Gasteiger partial charge in [0.1, 0.15) is 0 Å². The van der Waals surface area contributed by atoms with E-state index in [2.05, 4.69) is 5.32 Å². The van der Waals surface area contributed by atoms with Crippen molar-refractivity contribution in [2.45, 2.75) is 31.7 Å². The van der Waals surface area contributed by atoms with Gasteiger partial charge in [-0.1, -0.05) is 11.6 Å². The Morgan fingerprint density at radius 3 is 2.62 bits per heavy atom. The Labute approximate surface area is 147 Å². The molecule has 1 aliphatic carbocycles. The second kappa shape index (κ2) is 7.53. The van der Waals surface area contributed by atoms with E-state index in [1.54, 1.807) is 29.2 Å². The van der Waals surface area contributed by atoms with Gasteiger partial charge < -0.3 is 16.0 Å². The van der Waals surface area contributed by atoms with Crippen LogP contribution in [0.2, 0.25) is 5.02 Å². The van der Waals surface area contributed by atoms with Crippen molar-refractivity contribution < 1.29 is 9.59 Å². The first-order valence-electron chi connectivity index (χ1n) is 8.62. The predicted octanol–water partition coefficient (Wildman–Crippen LogP) is 2.05. The molecule has 2 atom stereocenters. The van der Waals surface area contributed by atoms with Crippen molar-refractivity contribution in [1.82, 2.24) is 10.2 Å². The fraction of sp³-hybridized carbons (Fsp3) is 0.556. The Balaban J connectivity index is 1.54. The molecule has 130 valence electrons. The first-order chi connectivity index (χ1) is 11.5. The quantitative estimate of drug-likeness (QED) is 0.854. The molecule has 2 fully saturated rings. The van der Waals surface area contributed by atoms with E-state index in [9.17, 15) is 9.59 Å². The third-order valence-electron chi connectivity index (χ3n) is 4.91. The molecule has 0 bridgehead atoms. The molecular formula is C18H24ClN3O2. The highest BCUT2D eigenvalue weighted by Crippen LogP contribution is 2.31. The molecule has 2 unspecified atom stereocenters.